The number of halogens is 1. The first kappa shape index (κ1) is 22.4. The Morgan fingerprint density at radius 3 is 2.21 bits per heavy atom. The molecule has 6 nitrogen and oxygen atoms in total. The Hall–Kier alpha value is -3.77. The lowest BCUT2D eigenvalue weighted by Gasteiger charge is -2.16. The third-order valence-corrected chi connectivity index (χ3v) is 5.78. The summed E-state index contributed by atoms with van der Waals surface area (Å²) < 4.78 is 10.7. The molecule has 168 valence electrons. The molecule has 33 heavy (non-hydrogen) atoms. The van der Waals surface area contributed by atoms with Crippen LogP contribution in [0, 0.1) is 0 Å². The summed E-state index contributed by atoms with van der Waals surface area (Å²) in [6, 6.07) is 19.6. The van der Waals surface area contributed by atoms with Crippen molar-refractivity contribution in [1.82, 2.24) is 0 Å². The van der Waals surface area contributed by atoms with Crippen molar-refractivity contribution in [2.45, 2.75) is 13.3 Å². The van der Waals surface area contributed by atoms with Crippen molar-refractivity contribution >= 4 is 40.4 Å². The van der Waals surface area contributed by atoms with Crippen molar-refractivity contribution in [2.24, 2.45) is 0 Å². The van der Waals surface area contributed by atoms with Crippen LogP contribution in [-0.2, 0) is 16.0 Å². The Kier molecular flexibility index (Phi) is 6.38. The highest BCUT2D eigenvalue weighted by atomic mass is 35.5. The Bertz CT molecular complexity index is 1250. The van der Waals surface area contributed by atoms with Crippen molar-refractivity contribution in [3.05, 3.63) is 88.6 Å². The van der Waals surface area contributed by atoms with E-state index in [1.807, 2.05) is 25.1 Å². The number of para-hydroxylation sites is 1. The summed E-state index contributed by atoms with van der Waals surface area (Å²) in [4.78, 5) is 28.3. The Balaban J connectivity index is 1.83. The lowest BCUT2D eigenvalue weighted by atomic mass is 10.0. The number of rotatable bonds is 7. The summed E-state index contributed by atoms with van der Waals surface area (Å²) in [6.45, 7) is 2.05. The zero-order chi connectivity index (χ0) is 23.5. The van der Waals surface area contributed by atoms with E-state index < -0.39 is 11.8 Å². The maximum absolute atomic E-state index is 13.6. The van der Waals surface area contributed by atoms with Crippen LogP contribution >= 0.6 is 11.6 Å². The highest BCUT2D eigenvalue weighted by molar-refractivity contribution is 6.46. The van der Waals surface area contributed by atoms with E-state index in [1.165, 1.54) is 19.1 Å². The summed E-state index contributed by atoms with van der Waals surface area (Å²) in [5.74, 6) is 0.101. The van der Waals surface area contributed by atoms with Crippen LogP contribution in [0.25, 0.3) is 5.57 Å². The molecule has 0 atom stereocenters. The van der Waals surface area contributed by atoms with Crippen LogP contribution in [0.15, 0.2) is 72.4 Å². The molecule has 0 aliphatic carbocycles. The van der Waals surface area contributed by atoms with Gasteiger partial charge >= 0.3 is 0 Å². The molecule has 0 spiro atoms. The van der Waals surface area contributed by atoms with E-state index in [1.54, 1.807) is 48.5 Å². The number of nitrogens with zero attached hydrogens (tertiary/aromatic N) is 1. The fraction of sp³-hybridized carbons (Fsp3) is 0.154. The number of methoxy groups -OCH3 is 2. The molecule has 0 bridgehead atoms. The minimum Gasteiger partial charge on any atom is -0.496 e. The molecule has 0 saturated carbocycles. The van der Waals surface area contributed by atoms with Gasteiger partial charge in [0, 0.05) is 11.3 Å². The van der Waals surface area contributed by atoms with Gasteiger partial charge in [0.2, 0.25) is 0 Å². The fourth-order valence-corrected chi connectivity index (χ4v) is 4.01. The Labute approximate surface area is 197 Å². The number of aryl methyl sites for hydroxylation is 1. The molecule has 1 aliphatic rings. The van der Waals surface area contributed by atoms with Gasteiger partial charge < -0.3 is 14.8 Å². The second-order valence-electron chi connectivity index (χ2n) is 7.39. The predicted molar refractivity (Wildman–Crippen MR) is 130 cm³/mol. The third-order valence-electron chi connectivity index (χ3n) is 5.48. The van der Waals surface area contributed by atoms with Crippen molar-refractivity contribution in [3.63, 3.8) is 0 Å². The van der Waals surface area contributed by atoms with Crippen LogP contribution in [-0.4, -0.2) is 26.0 Å². The Morgan fingerprint density at radius 2 is 1.58 bits per heavy atom. The van der Waals surface area contributed by atoms with Crippen LogP contribution in [0.2, 0.25) is 5.02 Å². The molecular formula is C26H23ClN2O4. The van der Waals surface area contributed by atoms with Gasteiger partial charge in [-0.25, -0.2) is 4.90 Å². The van der Waals surface area contributed by atoms with Crippen molar-refractivity contribution < 1.29 is 19.1 Å². The number of imide groups is 1. The largest absolute Gasteiger partial charge is 0.496 e. The normalized spacial score (nSPS) is 13.5. The minimum absolute atomic E-state index is 0.144. The molecule has 0 saturated heterocycles. The molecule has 0 fully saturated rings. The minimum atomic E-state index is -0.461. The topological polar surface area (TPSA) is 67.9 Å². The molecule has 0 aromatic heterocycles. The molecule has 2 amide bonds. The fourth-order valence-electron chi connectivity index (χ4n) is 3.75. The second-order valence-corrected chi connectivity index (χ2v) is 7.80. The summed E-state index contributed by atoms with van der Waals surface area (Å²) in [5, 5.41) is 3.49. The number of anilines is 2. The molecule has 7 heteroatoms. The van der Waals surface area contributed by atoms with Gasteiger partial charge in [0.15, 0.2) is 0 Å². The molecule has 1 heterocycles. The van der Waals surface area contributed by atoms with Crippen LogP contribution in [0.4, 0.5) is 11.4 Å². The zero-order valence-electron chi connectivity index (χ0n) is 18.5. The van der Waals surface area contributed by atoms with Gasteiger partial charge in [0.1, 0.15) is 17.2 Å². The third kappa shape index (κ3) is 4.17. The highest BCUT2D eigenvalue weighted by Crippen LogP contribution is 2.38. The van der Waals surface area contributed by atoms with E-state index in [4.69, 9.17) is 21.1 Å². The Morgan fingerprint density at radius 1 is 0.879 bits per heavy atom. The van der Waals surface area contributed by atoms with E-state index >= 15 is 0 Å². The van der Waals surface area contributed by atoms with Gasteiger partial charge in [-0.15, -0.1) is 0 Å². The zero-order valence-corrected chi connectivity index (χ0v) is 19.3. The SMILES string of the molecule is CCc1ccc(N2C(=O)C(Nc3ccc(OC)c(Cl)c3)=C(c3ccccc3OC)C2=O)cc1. The van der Waals surface area contributed by atoms with Crippen LogP contribution in [0.1, 0.15) is 18.1 Å². The van der Waals surface area contributed by atoms with E-state index in [2.05, 4.69) is 5.32 Å². The standard InChI is InChI=1S/C26H23ClN2O4/c1-4-16-9-12-18(13-10-16)29-25(30)23(19-7-5-6-8-21(19)32-2)24(26(29)31)28-17-11-14-22(33-3)20(27)15-17/h5-15,28H,4H2,1-3H3. The first-order valence-electron chi connectivity index (χ1n) is 10.4. The molecule has 3 aromatic carbocycles. The van der Waals surface area contributed by atoms with E-state index in [-0.39, 0.29) is 11.3 Å². The predicted octanol–water partition coefficient (Wildman–Crippen LogP) is 5.32. The molecule has 1 aliphatic heterocycles. The van der Waals surface area contributed by atoms with Gasteiger partial charge in [0.25, 0.3) is 11.8 Å². The molecular weight excluding hydrogens is 440 g/mol. The summed E-state index contributed by atoms with van der Waals surface area (Å²) in [7, 11) is 3.05. The summed E-state index contributed by atoms with van der Waals surface area (Å²) >= 11 is 6.27. The van der Waals surface area contributed by atoms with Gasteiger partial charge in [-0.1, -0.05) is 48.9 Å². The first-order chi connectivity index (χ1) is 16.0. The average molecular weight is 463 g/mol. The quantitative estimate of drug-likeness (QED) is 0.481. The second kappa shape index (κ2) is 9.38. The number of carbonyl (C=O) groups is 2. The summed E-state index contributed by atoms with van der Waals surface area (Å²) in [5.41, 5.74) is 3.05. The summed E-state index contributed by atoms with van der Waals surface area (Å²) in [6.07, 6.45) is 0.859. The molecule has 1 N–H and O–H groups in total. The molecule has 0 radical (unpaired) electrons. The van der Waals surface area contributed by atoms with Crippen molar-refractivity contribution in [1.29, 1.82) is 0 Å². The number of hydrogen-bond acceptors (Lipinski definition) is 5. The average Bonchev–Trinajstić information content (AvgIpc) is 3.08. The number of benzene rings is 3. The van der Waals surface area contributed by atoms with Gasteiger partial charge in [0.05, 0.1) is 30.5 Å². The number of carbonyl (C=O) groups excluding carboxylic acids is 2. The van der Waals surface area contributed by atoms with Crippen molar-refractivity contribution in [2.75, 3.05) is 24.4 Å². The van der Waals surface area contributed by atoms with Crippen molar-refractivity contribution in [3.8, 4) is 11.5 Å². The van der Waals surface area contributed by atoms with E-state index in [0.29, 0.717) is 33.5 Å². The smallest absolute Gasteiger partial charge is 0.282 e. The lowest BCUT2D eigenvalue weighted by Crippen LogP contribution is -2.32. The highest BCUT2D eigenvalue weighted by Gasteiger charge is 2.41. The van der Waals surface area contributed by atoms with Gasteiger partial charge in [-0.05, 0) is 48.4 Å². The molecule has 4 rings (SSSR count). The van der Waals surface area contributed by atoms with Gasteiger partial charge in [-0.2, -0.15) is 0 Å². The molecule has 0 unspecified atom stereocenters. The number of hydrogen-bond donors (Lipinski definition) is 1. The van der Waals surface area contributed by atoms with E-state index in [0.717, 1.165) is 12.0 Å². The van der Waals surface area contributed by atoms with Gasteiger partial charge in [-0.3, -0.25) is 9.59 Å². The maximum atomic E-state index is 13.6. The molecule has 3 aromatic rings. The lowest BCUT2D eigenvalue weighted by molar-refractivity contribution is -0.120. The van der Waals surface area contributed by atoms with Crippen LogP contribution in [0.3, 0.4) is 0 Å². The van der Waals surface area contributed by atoms with Crippen LogP contribution < -0.4 is 19.7 Å². The number of ether oxygens (including phenoxy) is 2. The first-order valence-corrected chi connectivity index (χ1v) is 10.8. The monoisotopic (exact) mass is 462 g/mol. The van der Waals surface area contributed by atoms with Crippen LogP contribution in [0.5, 0.6) is 11.5 Å². The number of nitrogens with one attached hydrogen (secondary N) is 1. The van der Waals surface area contributed by atoms with E-state index in [9.17, 15) is 9.59 Å². The number of amides is 2. The maximum Gasteiger partial charge on any atom is 0.282 e.